The summed E-state index contributed by atoms with van der Waals surface area (Å²) in [6.07, 6.45) is 7.59. The molecule has 1 fully saturated rings. The van der Waals surface area contributed by atoms with Gasteiger partial charge in [-0.15, -0.1) is 0 Å². The van der Waals surface area contributed by atoms with Gasteiger partial charge in [-0.05, 0) is 39.0 Å². The van der Waals surface area contributed by atoms with Crippen molar-refractivity contribution in [3.05, 3.63) is 12.2 Å². The van der Waals surface area contributed by atoms with Crippen molar-refractivity contribution in [1.82, 2.24) is 14.8 Å². The van der Waals surface area contributed by atoms with Gasteiger partial charge in [-0.2, -0.15) is 5.10 Å². The highest BCUT2D eigenvalue weighted by atomic mass is 15.3. The van der Waals surface area contributed by atoms with Crippen LogP contribution in [0, 0.1) is 5.92 Å². The van der Waals surface area contributed by atoms with Crippen LogP contribution in [0.15, 0.2) is 6.33 Å². The fraction of sp³-hybridized carbons (Fsp3) is 0.833. The molecule has 1 aliphatic carbocycles. The standard InChI is InChI=1S/C12H22N4/c1-9(2)16-12(14-8-15-16)7-10-4-3-5-11(13)6-10/h8-11H,3-7,13H2,1-2H3. The number of nitrogens with two attached hydrogens (primary N) is 1. The lowest BCUT2D eigenvalue weighted by Gasteiger charge is -2.26. The fourth-order valence-electron chi connectivity index (χ4n) is 2.63. The Balaban J connectivity index is 2.00. The van der Waals surface area contributed by atoms with E-state index in [1.54, 1.807) is 6.33 Å². The molecule has 0 aliphatic heterocycles. The maximum Gasteiger partial charge on any atom is 0.138 e. The first-order chi connectivity index (χ1) is 7.66. The van der Waals surface area contributed by atoms with E-state index in [0.29, 0.717) is 18.0 Å². The minimum atomic E-state index is 0.397. The fourth-order valence-corrected chi connectivity index (χ4v) is 2.63. The van der Waals surface area contributed by atoms with Crippen LogP contribution in [0.5, 0.6) is 0 Å². The Morgan fingerprint density at radius 2 is 2.31 bits per heavy atom. The molecule has 1 aromatic rings. The zero-order chi connectivity index (χ0) is 11.5. The molecule has 2 unspecified atom stereocenters. The van der Waals surface area contributed by atoms with Gasteiger partial charge in [-0.25, -0.2) is 9.67 Å². The zero-order valence-electron chi connectivity index (χ0n) is 10.3. The van der Waals surface area contributed by atoms with Gasteiger partial charge in [0.25, 0.3) is 0 Å². The lowest BCUT2D eigenvalue weighted by atomic mass is 9.84. The number of nitrogens with zero attached hydrogens (tertiary/aromatic N) is 3. The van der Waals surface area contributed by atoms with E-state index < -0.39 is 0 Å². The molecule has 4 nitrogen and oxygen atoms in total. The van der Waals surface area contributed by atoms with Crippen LogP contribution in [0.3, 0.4) is 0 Å². The van der Waals surface area contributed by atoms with Crippen LogP contribution in [0.2, 0.25) is 0 Å². The lowest BCUT2D eigenvalue weighted by molar-refractivity contribution is 0.310. The highest BCUT2D eigenvalue weighted by molar-refractivity contribution is 4.91. The molecule has 16 heavy (non-hydrogen) atoms. The molecular formula is C12H22N4. The van der Waals surface area contributed by atoms with Gasteiger partial charge < -0.3 is 5.73 Å². The van der Waals surface area contributed by atoms with Gasteiger partial charge in [-0.1, -0.05) is 6.42 Å². The molecule has 0 saturated heterocycles. The lowest BCUT2D eigenvalue weighted by Crippen LogP contribution is -2.29. The largest absolute Gasteiger partial charge is 0.328 e. The van der Waals surface area contributed by atoms with Crippen LogP contribution in [0.1, 0.15) is 51.4 Å². The minimum Gasteiger partial charge on any atom is -0.328 e. The highest BCUT2D eigenvalue weighted by Crippen LogP contribution is 2.26. The van der Waals surface area contributed by atoms with Crippen LogP contribution >= 0.6 is 0 Å². The number of hydrogen-bond acceptors (Lipinski definition) is 3. The summed E-state index contributed by atoms with van der Waals surface area (Å²) in [4.78, 5) is 4.37. The van der Waals surface area contributed by atoms with Gasteiger partial charge in [0.2, 0.25) is 0 Å². The Labute approximate surface area is 97.2 Å². The maximum absolute atomic E-state index is 6.01. The Hall–Kier alpha value is -0.900. The molecule has 2 atom stereocenters. The second kappa shape index (κ2) is 4.95. The summed E-state index contributed by atoms with van der Waals surface area (Å²) >= 11 is 0. The third-order valence-electron chi connectivity index (χ3n) is 3.43. The summed E-state index contributed by atoms with van der Waals surface area (Å²) in [5, 5.41) is 4.27. The van der Waals surface area contributed by atoms with Crippen molar-refractivity contribution in [1.29, 1.82) is 0 Å². The maximum atomic E-state index is 6.01. The molecule has 0 bridgehead atoms. The second-order valence-corrected chi connectivity index (χ2v) is 5.21. The monoisotopic (exact) mass is 222 g/mol. The van der Waals surface area contributed by atoms with Gasteiger partial charge in [0.05, 0.1) is 0 Å². The van der Waals surface area contributed by atoms with Crippen molar-refractivity contribution < 1.29 is 0 Å². The van der Waals surface area contributed by atoms with Crippen LogP contribution in [-0.4, -0.2) is 20.8 Å². The molecule has 0 radical (unpaired) electrons. The number of hydrogen-bond donors (Lipinski definition) is 1. The molecule has 1 heterocycles. The average Bonchev–Trinajstić information content (AvgIpc) is 2.66. The molecule has 0 aromatic carbocycles. The Kier molecular flexibility index (Phi) is 3.59. The Bertz CT molecular complexity index is 332. The van der Waals surface area contributed by atoms with Crippen molar-refractivity contribution in [2.75, 3.05) is 0 Å². The molecule has 1 aromatic heterocycles. The van der Waals surface area contributed by atoms with Gasteiger partial charge in [0.15, 0.2) is 0 Å². The van der Waals surface area contributed by atoms with Crippen molar-refractivity contribution in [3.63, 3.8) is 0 Å². The Morgan fingerprint density at radius 1 is 1.50 bits per heavy atom. The summed E-state index contributed by atoms with van der Waals surface area (Å²) in [5.41, 5.74) is 6.01. The summed E-state index contributed by atoms with van der Waals surface area (Å²) in [7, 11) is 0. The van der Waals surface area contributed by atoms with Crippen molar-refractivity contribution in [2.24, 2.45) is 11.7 Å². The van der Waals surface area contributed by atoms with Crippen LogP contribution in [0.25, 0.3) is 0 Å². The third-order valence-corrected chi connectivity index (χ3v) is 3.43. The van der Waals surface area contributed by atoms with E-state index in [9.17, 15) is 0 Å². The van der Waals surface area contributed by atoms with Crippen molar-refractivity contribution >= 4 is 0 Å². The molecular weight excluding hydrogens is 200 g/mol. The zero-order valence-corrected chi connectivity index (χ0v) is 10.3. The van der Waals surface area contributed by atoms with E-state index in [4.69, 9.17) is 5.73 Å². The summed E-state index contributed by atoms with van der Waals surface area (Å²) < 4.78 is 2.03. The first kappa shape index (κ1) is 11.6. The van der Waals surface area contributed by atoms with E-state index in [1.807, 2.05) is 4.68 Å². The van der Waals surface area contributed by atoms with Gasteiger partial charge in [0, 0.05) is 18.5 Å². The van der Waals surface area contributed by atoms with Crippen LogP contribution in [0.4, 0.5) is 0 Å². The molecule has 4 heteroatoms. The number of rotatable bonds is 3. The normalized spacial score (nSPS) is 26.2. The number of aromatic nitrogens is 3. The predicted molar refractivity (Wildman–Crippen MR) is 64.0 cm³/mol. The average molecular weight is 222 g/mol. The van der Waals surface area contributed by atoms with E-state index in [-0.39, 0.29) is 0 Å². The van der Waals surface area contributed by atoms with E-state index in [1.165, 1.54) is 19.3 Å². The third kappa shape index (κ3) is 2.61. The second-order valence-electron chi connectivity index (χ2n) is 5.21. The molecule has 2 rings (SSSR count). The van der Waals surface area contributed by atoms with Crippen LogP contribution in [-0.2, 0) is 6.42 Å². The van der Waals surface area contributed by atoms with Crippen LogP contribution < -0.4 is 5.73 Å². The molecule has 2 N–H and O–H groups in total. The van der Waals surface area contributed by atoms with Gasteiger partial charge >= 0.3 is 0 Å². The smallest absolute Gasteiger partial charge is 0.138 e. The predicted octanol–water partition coefficient (Wildman–Crippen LogP) is 1.92. The van der Waals surface area contributed by atoms with E-state index >= 15 is 0 Å². The summed E-state index contributed by atoms with van der Waals surface area (Å²) in [6, 6.07) is 0.795. The molecule has 0 spiro atoms. The molecule has 1 aliphatic rings. The topological polar surface area (TPSA) is 56.7 Å². The van der Waals surface area contributed by atoms with Gasteiger partial charge in [-0.3, -0.25) is 0 Å². The first-order valence-electron chi connectivity index (χ1n) is 6.30. The van der Waals surface area contributed by atoms with Crippen molar-refractivity contribution in [2.45, 2.75) is 58.0 Å². The molecule has 1 saturated carbocycles. The molecule has 0 amide bonds. The van der Waals surface area contributed by atoms with Crippen molar-refractivity contribution in [3.8, 4) is 0 Å². The quantitative estimate of drug-likeness (QED) is 0.850. The first-order valence-corrected chi connectivity index (χ1v) is 6.30. The minimum absolute atomic E-state index is 0.397. The molecule has 90 valence electrons. The summed E-state index contributed by atoms with van der Waals surface area (Å²) in [6.45, 7) is 4.29. The SMILES string of the molecule is CC(C)n1ncnc1CC1CCCC(N)C1. The summed E-state index contributed by atoms with van der Waals surface area (Å²) in [5.74, 6) is 1.82. The van der Waals surface area contributed by atoms with E-state index in [2.05, 4.69) is 23.9 Å². The van der Waals surface area contributed by atoms with E-state index in [0.717, 1.165) is 18.7 Å². The van der Waals surface area contributed by atoms with Gasteiger partial charge in [0.1, 0.15) is 12.2 Å². The highest BCUT2D eigenvalue weighted by Gasteiger charge is 2.21. The Morgan fingerprint density at radius 3 is 3.00 bits per heavy atom.